The Hall–Kier alpha value is -2.80. The summed E-state index contributed by atoms with van der Waals surface area (Å²) < 4.78 is 43.7. The maximum Gasteiger partial charge on any atom is 0.411 e. The van der Waals surface area contributed by atoms with Crippen LogP contribution < -0.4 is 9.44 Å². The highest BCUT2D eigenvalue weighted by Gasteiger charge is 2.61. The van der Waals surface area contributed by atoms with E-state index in [2.05, 4.69) is 33.7 Å². The lowest BCUT2D eigenvalue weighted by Crippen LogP contribution is -2.55. The molecule has 0 unspecified atom stereocenters. The highest BCUT2D eigenvalue weighted by atomic mass is 32.2. The van der Waals surface area contributed by atoms with E-state index in [1.165, 1.54) is 0 Å². The first kappa shape index (κ1) is 44.3. The van der Waals surface area contributed by atoms with Crippen LogP contribution in [0.25, 0.3) is 0 Å². The Morgan fingerprint density at radius 1 is 0.571 bits per heavy atom. The summed E-state index contributed by atoms with van der Waals surface area (Å²) in [6.45, 7) is 23.2. The van der Waals surface area contributed by atoms with Crippen molar-refractivity contribution in [2.75, 3.05) is 0 Å². The zero-order valence-electron chi connectivity index (χ0n) is 35.9. The average molecular weight is 813 g/mol. The number of amides is 2. The van der Waals surface area contributed by atoms with Gasteiger partial charge in [-0.15, -0.1) is 0 Å². The second-order valence-corrected chi connectivity index (χ2v) is 24.1. The van der Waals surface area contributed by atoms with Crippen molar-refractivity contribution in [3.63, 3.8) is 0 Å². The van der Waals surface area contributed by atoms with E-state index in [0.29, 0.717) is 0 Å². The fraction of sp³-hybridized carbons (Fsp3) is 0.682. The summed E-state index contributed by atoms with van der Waals surface area (Å²) in [5, 5.41) is 0. The van der Waals surface area contributed by atoms with Crippen LogP contribution in [-0.2, 0) is 31.4 Å². The standard InChI is InChI=1S/2C22H34N2O3S/c2*1-20(2,3)27-19(25)24-17-12-14-22(24,15-13-17)18(16-10-8-7-9-11-16)23-28(26)21(4,5)6/h2*7-11,17-18,23H,12-15H2,1-6H3/t17?,18-,22?,28+;17?,18-,22?,28-/m01/s1. The van der Waals surface area contributed by atoms with Gasteiger partial charge < -0.3 is 9.47 Å². The fourth-order valence-corrected chi connectivity index (χ4v) is 10.8. The molecule has 4 aliphatic rings. The molecule has 4 atom stereocenters. The van der Waals surface area contributed by atoms with Gasteiger partial charge in [-0.05, 0) is 146 Å². The van der Waals surface area contributed by atoms with E-state index < -0.39 is 53.7 Å². The molecule has 12 heteroatoms. The van der Waals surface area contributed by atoms with Gasteiger partial charge in [0.15, 0.2) is 0 Å². The van der Waals surface area contributed by atoms with Crippen molar-refractivity contribution in [2.24, 2.45) is 0 Å². The zero-order chi connectivity index (χ0) is 41.5. The molecule has 4 aliphatic heterocycles. The van der Waals surface area contributed by atoms with Gasteiger partial charge in [0.2, 0.25) is 0 Å². The van der Waals surface area contributed by atoms with Gasteiger partial charge in [0.05, 0.1) is 54.6 Å². The summed E-state index contributed by atoms with van der Waals surface area (Å²) in [6.07, 6.45) is 6.93. The molecule has 0 radical (unpaired) electrons. The molecule has 2 N–H and O–H groups in total. The summed E-state index contributed by atoms with van der Waals surface area (Å²) in [7, 11) is -2.50. The fourth-order valence-electron chi connectivity index (χ4n) is 8.90. The van der Waals surface area contributed by atoms with Crippen LogP contribution in [0.15, 0.2) is 60.7 Å². The molecule has 0 aliphatic carbocycles. The first-order valence-corrected chi connectivity index (χ1v) is 22.7. The minimum Gasteiger partial charge on any atom is -0.444 e. The van der Waals surface area contributed by atoms with E-state index in [1.54, 1.807) is 0 Å². The summed E-state index contributed by atoms with van der Waals surface area (Å²) in [5.41, 5.74) is 0.242. The van der Waals surface area contributed by atoms with Gasteiger partial charge in [-0.3, -0.25) is 9.80 Å². The van der Waals surface area contributed by atoms with E-state index in [-0.39, 0.29) is 36.4 Å². The van der Waals surface area contributed by atoms with Crippen molar-refractivity contribution in [3.8, 4) is 0 Å². The highest BCUT2D eigenvalue weighted by Crippen LogP contribution is 2.55. The summed E-state index contributed by atoms with van der Waals surface area (Å²) in [5.74, 6) is 0. The molecule has 10 nitrogen and oxygen atoms in total. The number of benzene rings is 2. The minimum absolute atomic E-state index is 0.200. The van der Waals surface area contributed by atoms with Gasteiger partial charge in [-0.25, -0.2) is 27.5 Å². The molecule has 0 aromatic heterocycles. The van der Waals surface area contributed by atoms with Crippen molar-refractivity contribution < 1.29 is 27.5 Å². The monoisotopic (exact) mass is 812 g/mol. The Morgan fingerprint density at radius 3 is 1.11 bits per heavy atom. The third-order valence-electron chi connectivity index (χ3n) is 11.4. The number of hydrogen-bond donors (Lipinski definition) is 2. The molecule has 2 aromatic rings. The zero-order valence-corrected chi connectivity index (χ0v) is 37.5. The van der Waals surface area contributed by atoms with E-state index in [9.17, 15) is 18.0 Å². The lowest BCUT2D eigenvalue weighted by Gasteiger charge is -2.43. The van der Waals surface area contributed by atoms with Crippen LogP contribution >= 0.6 is 0 Å². The second kappa shape index (κ2) is 16.5. The van der Waals surface area contributed by atoms with Crippen LogP contribution in [0.2, 0.25) is 0 Å². The number of fused-ring (bicyclic) bond motifs is 4. The maximum atomic E-state index is 13.1. The molecule has 4 saturated heterocycles. The second-order valence-electron chi connectivity index (χ2n) is 20.1. The van der Waals surface area contributed by atoms with Gasteiger partial charge in [-0.2, -0.15) is 0 Å². The molecule has 4 bridgehead atoms. The normalized spacial score (nSPS) is 26.9. The molecule has 0 saturated carbocycles. The highest BCUT2D eigenvalue weighted by molar-refractivity contribution is 7.84. The van der Waals surface area contributed by atoms with Crippen LogP contribution in [0.1, 0.15) is 158 Å². The van der Waals surface area contributed by atoms with E-state index >= 15 is 0 Å². The summed E-state index contributed by atoms with van der Waals surface area (Å²) in [6, 6.07) is 20.2. The molecule has 0 spiro atoms. The smallest absolute Gasteiger partial charge is 0.411 e. The number of nitrogens with one attached hydrogen (secondary N) is 2. The van der Waals surface area contributed by atoms with Crippen LogP contribution in [0.5, 0.6) is 0 Å². The number of hydrogen-bond acceptors (Lipinski definition) is 6. The topological polar surface area (TPSA) is 117 Å². The van der Waals surface area contributed by atoms with Crippen molar-refractivity contribution in [1.29, 1.82) is 0 Å². The first-order chi connectivity index (χ1) is 25.9. The summed E-state index contributed by atoms with van der Waals surface area (Å²) >= 11 is 0. The van der Waals surface area contributed by atoms with Crippen molar-refractivity contribution in [2.45, 2.75) is 190 Å². The van der Waals surface area contributed by atoms with Gasteiger partial charge in [0, 0.05) is 12.1 Å². The number of nitrogens with zero attached hydrogens (tertiary/aromatic N) is 2. The average Bonchev–Trinajstić information content (AvgIpc) is 3.86. The number of carbonyl (C=O) groups excluding carboxylic acids is 2. The van der Waals surface area contributed by atoms with E-state index in [0.717, 1.165) is 62.5 Å². The Morgan fingerprint density at radius 2 is 0.857 bits per heavy atom. The number of ether oxygens (including phenoxy) is 2. The largest absolute Gasteiger partial charge is 0.444 e. The Labute approximate surface area is 341 Å². The SMILES string of the molecule is CC(C)(C)OC(=O)N1C2CCC1([C@@H](N[S@](=O)C(C)(C)C)c1ccccc1)CC2.CC(C)(C)OC(=O)N1C2CCC1([C@H](N[S@](=O)C(C)(C)C)c1ccccc1)CC2. The third kappa shape index (κ3) is 9.72. The molecular weight excluding hydrogens is 745 g/mol. The number of rotatable bonds is 8. The molecular formula is C44H68N4O6S2. The van der Waals surface area contributed by atoms with Crippen LogP contribution in [-0.4, -0.2) is 74.3 Å². The Bertz CT molecular complexity index is 1580. The molecule has 56 heavy (non-hydrogen) atoms. The predicted octanol–water partition coefficient (Wildman–Crippen LogP) is 9.42. The van der Waals surface area contributed by atoms with Crippen molar-refractivity contribution >= 4 is 34.2 Å². The predicted molar refractivity (Wildman–Crippen MR) is 227 cm³/mol. The lowest BCUT2D eigenvalue weighted by atomic mass is 9.79. The molecule has 4 fully saturated rings. The van der Waals surface area contributed by atoms with Crippen molar-refractivity contribution in [3.05, 3.63) is 71.8 Å². The molecule has 2 amide bonds. The van der Waals surface area contributed by atoms with Gasteiger partial charge in [-0.1, -0.05) is 60.7 Å². The lowest BCUT2D eigenvalue weighted by molar-refractivity contribution is 0.00315. The number of carbonyl (C=O) groups is 2. The third-order valence-corrected chi connectivity index (χ3v) is 14.5. The van der Waals surface area contributed by atoms with Crippen LogP contribution in [0, 0.1) is 0 Å². The molecule has 4 heterocycles. The molecule has 6 rings (SSSR count). The van der Waals surface area contributed by atoms with Crippen LogP contribution in [0.3, 0.4) is 0 Å². The van der Waals surface area contributed by atoms with Gasteiger partial charge >= 0.3 is 12.2 Å². The molecule has 2 aromatic carbocycles. The Kier molecular flexibility index (Phi) is 13.0. The van der Waals surface area contributed by atoms with E-state index in [1.807, 2.05) is 129 Å². The van der Waals surface area contributed by atoms with Gasteiger partial charge in [0.1, 0.15) is 11.2 Å². The van der Waals surface area contributed by atoms with E-state index in [4.69, 9.17) is 9.47 Å². The molecule has 312 valence electrons. The van der Waals surface area contributed by atoms with Crippen molar-refractivity contribution in [1.82, 2.24) is 19.2 Å². The first-order valence-electron chi connectivity index (χ1n) is 20.4. The van der Waals surface area contributed by atoms with Crippen LogP contribution in [0.4, 0.5) is 9.59 Å². The Balaban J connectivity index is 0.000000214. The minimum atomic E-state index is -1.25. The quantitative estimate of drug-likeness (QED) is 0.275. The maximum absolute atomic E-state index is 13.1. The van der Waals surface area contributed by atoms with Gasteiger partial charge in [0.25, 0.3) is 0 Å². The summed E-state index contributed by atoms with van der Waals surface area (Å²) in [4.78, 5) is 30.2.